The molecule has 1 N–H and O–H groups in total. The van der Waals surface area contributed by atoms with Crippen molar-refractivity contribution in [3.63, 3.8) is 0 Å². The number of H-pyrrole nitrogens is 1. The van der Waals surface area contributed by atoms with E-state index in [0.717, 1.165) is 16.8 Å². The Hall–Kier alpha value is -3.31. The molecule has 0 amide bonds. The predicted molar refractivity (Wildman–Crippen MR) is 112 cm³/mol. The molecule has 4 rings (SSSR count). The van der Waals surface area contributed by atoms with Gasteiger partial charge in [0.1, 0.15) is 29.7 Å². The number of hydrogen-bond acceptors (Lipinski definition) is 3. The number of nitrogens with zero attached hydrogens (tertiary/aromatic N) is 1. The number of nitrogens with one attached hydrogen (secondary N) is 1. The van der Waals surface area contributed by atoms with E-state index in [1.54, 1.807) is 25.4 Å². The van der Waals surface area contributed by atoms with Crippen LogP contribution in [0.3, 0.4) is 0 Å². The molecule has 0 aliphatic heterocycles. The molecule has 0 saturated heterocycles. The maximum atomic E-state index is 13.5. The van der Waals surface area contributed by atoms with Crippen LogP contribution in [0.25, 0.3) is 22.6 Å². The molecule has 1 aromatic heterocycles. The SMILES string of the molecule is COc1cc(OCc2ccc(Cl)cc2)ccc1-c1cnc(-c2cccc(F)c2)[nH]1. The van der Waals surface area contributed by atoms with Gasteiger partial charge < -0.3 is 14.5 Å². The van der Waals surface area contributed by atoms with Crippen LogP contribution in [0.5, 0.6) is 11.5 Å². The van der Waals surface area contributed by atoms with Gasteiger partial charge in [-0.15, -0.1) is 0 Å². The highest BCUT2D eigenvalue weighted by atomic mass is 35.5. The van der Waals surface area contributed by atoms with Gasteiger partial charge in [0.15, 0.2) is 0 Å². The topological polar surface area (TPSA) is 47.1 Å². The van der Waals surface area contributed by atoms with E-state index in [1.165, 1.54) is 12.1 Å². The second kappa shape index (κ2) is 8.37. The highest BCUT2D eigenvalue weighted by molar-refractivity contribution is 6.30. The third-order valence-corrected chi connectivity index (χ3v) is 4.71. The Balaban J connectivity index is 1.54. The fourth-order valence-electron chi connectivity index (χ4n) is 2.97. The van der Waals surface area contributed by atoms with E-state index in [4.69, 9.17) is 21.1 Å². The summed E-state index contributed by atoms with van der Waals surface area (Å²) in [6, 6.07) is 19.4. The minimum absolute atomic E-state index is 0.305. The number of aromatic amines is 1. The quantitative estimate of drug-likeness (QED) is 0.418. The Labute approximate surface area is 172 Å². The molecule has 4 aromatic rings. The number of halogens is 2. The van der Waals surface area contributed by atoms with Gasteiger partial charge in [-0.25, -0.2) is 9.37 Å². The molecule has 29 heavy (non-hydrogen) atoms. The smallest absolute Gasteiger partial charge is 0.137 e. The van der Waals surface area contributed by atoms with Gasteiger partial charge >= 0.3 is 0 Å². The molecule has 0 bridgehead atoms. The van der Waals surface area contributed by atoms with Gasteiger partial charge in [0, 0.05) is 22.2 Å². The van der Waals surface area contributed by atoms with Gasteiger partial charge in [-0.05, 0) is 42.0 Å². The number of benzene rings is 3. The van der Waals surface area contributed by atoms with Crippen LogP contribution in [0.2, 0.25) is 5.02 Å². The first-order valence-corrected chi connectivity index (χ1v) is 9.37. The van der Waals surface area contributed by atoms with Crippen molar-refractivity contribution in [3.05, 3.63) is 89.3 Å². The van der Waals surface area contributed by atoms with Crippen LogP contribution in [-0.4, -0.2) is 17.1 Å². The van der Waals surface area contributed by atoms with E-state index in [-0.39, 0.29) is 5.82 Å². The summed E-state index contributed by atoms with van der Waals surface area (Å²) in [6.07, 6.45) is 1.70. The number of imidazole rings is 1. The fourth-order valence-corrected chi connectivity index (χ4v) is 3.10. The standard InChI is InChI=1S/C23H18ClFN2O2/c1-28-22-12-19(29-14-15-5-7-17(24)8-6-15)9-10-20(22)21-13-26-23(27-21)16-3-2-4-18(25)11-16/h2-13H,14H2,1H3,(H,26,27). The second-order valence-electron chi connectivity index (χ2n) is 6.43. The largest absolute Gasteiger partial charge is 0.496 e. The lowest BCUT2D eigenvalue weighted by atomic mass is 10.1. The van der Waals surface area contributed by atoms with Crippen molar-refractivity contribution >= 4 is 11.6 Å². The van der Waals surface area contributed by atoms with Gasteiger partial charge in [-0.3, -0.25) is 0 Å². The Morgan fingerprint density at radius 3 is 2.62 bits per heavy atom. The van der Waals surface area contributed by atoms with Crippen LogP contribution in [0, 0.1) is 5.82 Å². The molecular formula is C23H18ClFN2O2. The zero-order chi connectivity index (χ0) is 20.2. The Bertz CT molecular complexity index is 1130. The van der Waals surface area contributed by atoms with E-state index >= 15 is 0 Å². The lowest BCUT2D eigenvalue weighted by Crippen LogP contribution is -1.96. The van der Waals surface area contributed by atoms with E-state index in [0.29, 0.717) is 34.5 Å². The van der Waals surface area contributed by atoms with E-state index in [9.17, 15) is 4.39 Å². The van der Waals surface area contributed by atoms with E-state index < -0.39 is 0 Å². The van der Waals surface area contributed by atoms with Crippen molar-refractivity contribution in [1.82, 2.24) is 9.97 Å². The van der Waals surface area contributed by atoms with Gasteiger partial charge in [0.05, 0.1) is 19.0 Å². The highest BCUT2D eigenvalue weighted by Crippen LogP contribution is 2.33. The zero-order valence-electron chi connectivity index (χ0n) is 15.7. The first-order chi connectivity index (χ1) is 14.1. The maximum Gasteiger partial charge on any atom is 0.137 e. The molecule has 0 aliphatic carbocycles. The molecule has 6 heteroatoms. The zero-order valence-corrected chi connectivity index (χ0v) is 16.4. The maximum absolute atomic E-state index is 13.5. The third-order valence-electron chi connectivity index (χ3n) is 4.46. The summed E-state index contributed by atoms with van der Waals surface area (Å²) >= 11 is 5.91. The van der Waals surface area contributed by atoms with Crippen LogP contribution < -0.4 is 9.47 Å². The molecule has 0 atom stereocenters. The molecule has 0 spiro atoms. The number of hydrogen-bond donors (Lipinski definition) is 1. The summed E-state index contributed by atoms with van der Waals surface area (Å²) in [5, 5.41) is 0.692. The van der Waals surface area contributed by atoms with Crippen LogP contribution in [-0.2, 0) is 6.61 Å². The summed E-state index contributed by atoms with van der Waals surface area (Å²) in [5.74, 6) is 1.61. The van der Waals surface area contributed by atoms with Crippen LogP contribution in [0.4, 0.5) is 4.39 Å². The van der Waals surface area contributed by atoms with Crippen LogP contribution >= 0.6 is 11.6 Å². The number of aromatic nitrogens is 2. The number of methoxy groups -OCH3 is 1. The Morgan fingerprint density at radius 1 is 1.03 bits per heavy atom. The van der Waals surface area contributed by atoms with Crippen molar-refractivity contribution in [3.8, 4) is 34.1 Å². The summed E-state index contributed by atoms with van der Waals surface area (Å²) in [4.78, 5) is 7.58. The lowest BCUT2D eigenvalue weighted by molar-refractivity contribution is 0.304. The molecule has 0 radical (unpaired) electrons. The predicted octanol–water partition coefficient (Wildman–Crippen LogP) is 6.12. The summed E-state index contributed by atoms with van der Waals surface area (Å²) in [5.41, 5.74) is 3.30. The van der Waals surface area contributed by atoms with Gasteiger partial charge in [0.25, 0.3) is 0 Å². The van der Waals surface area contributed by atoms with E-state index in [1.807, 2.05) is 42.5 Å². The molecule has 3 aromatic carbocycles. The minimum atomic E-state index is -0.305. The van der Waals surface area contributed by atoms with Crippen molar-refractivity contribution in [2.45, 2.75) is 6.61 Å². The van der Waals surface area contributed by atoms with Gasteiger partial charge in [0.2, 0.25) is 0 Å². The minimum Gasteiger partial charge on any atom is -0.496 e. The molecule has 0 saturated carbocycles. The third kappa shape index (κ3) is 4.41. The second-order valence-corrected chi connectivity index (χ2v) is 6.87. The first-order valence-electron chi connectivity index (χ1n) is 8.99. The Kier molecular flexibility index (Phi) is 5.49. The fraction of sp³-hybridized carbons (Fsp3) is 0.0870. The number of rotatable bonds is 6. The molecule has 0 aliphatic rings. The molecule has 0 unspecified atom stereocenters. The van der Waals surface area contributed by atoms with Crippen molar-refractivity contribution in [2.75, 3.05) is 7.11 Å². The average molecular weight is 409 g/mol. The van der Waals surface area contributed by atoms with Crippen LogP contribution in [0.15, 0.2) is 72.9 Å². The summed E-state index contributed by atoms with van der Waals surface area (Å²) in [7, 11) is 1.60. The van der Waals surface area contributed by atoms with Crippen LogP contribution in [0.1, 0.15) is 5.56 Å². The van der Waals surface area contributed by atoms with Crippen molar-refractivity contribution < 1.29 is 13.9 Å². The summed E-state index contributed by atoms with van der Waals surface area (Å²) in [6.45, 7) is 0.424. The molecule has 1 heterocycles. The molecular weight excluding hydrogens is 391 g/mol. The Morgan fingerprint density at radius 2 is 1.86 bits per heavy atom. The van der Waals surface area contributed by atoms with E-state index in [2.05, 4.69) is 9.97 Å². The first kappa shape index (κ1) is 19.0. The lowest BCUT2D eigenvalue weighted by Gasteiger charge is -2.11. The molecule has 4 nitrogen and oxygen atoms in total. The van der Waals surface area contributed by atoms with Crippen molar-refractivity contribution in [2.24, 2.45) is 0 Å². The summed E-state index contributed by atoms with van der Waals surface area (Å²) < 4.78 is 24.9. The molecule has 0 fully saturated rings. The average Bonchev–Trinajstić information content (AvgIpc) is 3.23. The monoisotopic (exact) mass is 408 g/mol. The highest BCUT2D eigenvalue weighted by Gasteiger charge is 2.12. The normalized spacial score (nSPS) is 10.7. The number of ether oxygens (including phenoxy) is 2. The van der Waals surface area contributed by atoms with Gasteiger partial charge in [-0.2, -0.15) is 0 Å². The van der Waals surface area contributed by atoms with Crippen molar-refractivity contribution in [1.29, 1.82) is 0 Å². The van der Waals surface area contributed by atoms with Gasteiger partial charge in [-0.1, -0.05) is 35.9 Å². The molecule has 146 valence electrons.